The Bertz CT molecular complexity index is 958. The van der Waals surface area contributed by atoms with Gasteiger partial charge in [-0.15, -0.1) is 0 Å². The average molecular weight is 432 g/mol. The van der Waals surface area contributed by atoms with Crippen LogP contribution in [0.1, 0.15) is 54.4 Å². The fourth-order valence-corrected chi connectivity index (χ4v) is 5.46. The van der Waals surface area contributed by atoms with Crippen molar-refractivity contribution in [2.45, 2.75) is 57.7 Å². The highest BCUT2D eigenvalue weighted by Crippen LogP contribution is 2.36. The van der Waals surface area contributed by atoms with Gasteiger partial charge in [-0.1, -0.05) is 49.6 Å². The Hall–Kier alpha value is -2.62. The second kappa shape index (κ2) is 9.89. The number of pyridine rings is 1. The van der Waals surface area contributed by atoms with Crippen molar-refractivity contribution in [3.05, 3.63) is 52.6 Å². The first-order valence-corrected chi connectivity index (χ1v) is 12.1. The molecule has 0 spiro atoms. The van der Waals surface area contributed by atoms with Crippen LogP contribution >= 0.6 is 0 Å². The van der Waals surface area contributed by atoms with Crippen molar-refractivity contribution in [3.8, 4) is 6.07 Å². The predicted molar refractivity (Wildman–Crippen MR) is 127 cm³/mol. The van der Waals surface area contributed by atoms with Crippen molar-refractivity contribution < 1.29 is 4.74 Å². The summed E-state index contributed by atoms with van der Waals surface area (Å²) in [4.78, 5) is 10.0. The van der Waals surface area contributed by atoms with Crippen LogP contribution < -0.4 is 10.2 Å². The topological polar surface area (TPSA) is 64.4 Å². The Kier molecular flexibility index (Phi) is 6.56. The molecule has 3 heterocycles. The van der Waals surface area contributed by atoms with Crippen molar-refractivity contribution >= 4 is 11.6 Å². The lowest BCUT2D eigenvalue weighted by Crippen LogP contribution is -2.42. The number of anilines is 2. The van der Waals surface area contributed by atoms with E-state index in [1.807, 2.05) is 18.2 Å². The van der Waals surface area contributed by atoms with Crippen molar-refractivity contribution in [2.75, 3.05) is 43.1 Å². The van der Waals surface area contributed by atoms with Gasteiger partial charge in [-0.3, -0.25) is 4.90 Å². The molecule has 0 unspecified atom stereocenters. The molecule has 2 aliphatic heterocycles. The van der Waals surface area contributed by atoms with E-state index >= 15 is 0 Å². The molecule has 32 heavy (non-hydrogen) atoms. The van der Waals surface area contributed by atoms with Gasteiger partial charge in [0.1, 0.15) is 17.7 Å². The van der Waals surface area contributed by atoms with E-state index < -0.39 is 0 Å². The summed E-state index contributed by atoms with van der Waals surface area (Å²) in [5.41, 5.74) is 4.39. The molecular weight excluding hydrogens is 398 g/mol. The molecule has 1 N–H and O–H groups in total. The highest BCUT2D eigenvalue weighted by atomic mass is 16.5. The zero-order valence-electron chi connectivity index (χ0n) is 18.9. The largest absolute Gasteiger partial charge is 0.378 e. The first-order chi connectivity index (χ1) is 15.8. The molecular formula is C26H33N5O. The molecule has 168 valence electrons. The molecule has 6 heteroatoms. The third-order valence-electron chi connectivity index (χ3n) is 7.22. The molecule has 1 aliphatic carbocycles. The number of aromatic nitrogens is 1. The Labute approximate surface area is 191 Å². The number of hydrogen-bond acceptors (Lipinski definition) is 6. The third kappa shape index (κ3) is 4.46. The lowest BCUT2D eigenvalue weighted by Gasteiger charge is -2.40. The minimum Gasteiger partial charge on any atom is -0.378 e. The average Bonchev–Trinajstić information content (AvgIpc) is 2.88. The number of nitrogens with one attached hydrogen (secondary N) is 1. The van der Waals surface area contributed by atoms with Gasteiger partial charge in [0.05, 0.1) is 18.8 Å². The number of rotatable bonds is 5. The third-order valence-corrected chi connectivity index (χ3v) is 7.22. The molecule has 2 aromatic rings. The van der Waals surface area contributed by atoms with Gasteiger partial charge in [0.25, 0.3) is 0 Å². The van der Waals surface area contributed by atoms with E-state index in [-0.39, 0.29) is 0 Å². The van der Waals surface area contributed by atoms with E-state index in [1.54, 1.807) is 0 Å². The summed E-state index contributed by atoms with van der Waals surface area (Å²) in [5.74, 6) is 1.78. The summed E-state index contributed by atoms with van der Waals surface area (Å²) in [6, 6.07) is 13.5. The molecule has 1 aromatic carbocycles. The zero-order valence-corrected chi connectivity index (χ0v) is 18.9. The quantitative estimate of drug-likeness (QED) is 0.769. The monoisotopic (exact) mass is 431 g/mol. The van der Waals surface area contributed by atoms with Crippen molar-refractivity contribution in [1.82, 2.24) is 9.88 Å². The van der Waals surface area contributed by atoms with E-state index in [1.165, 1.54) is 48.8 Å². The maximum absolute atomic E-state index is 10.2. The van der Waals surface area contributed by atoms with Gasteiger partial charge in [0.2, 0.25) is 0 Å². The molecule has 5 rings (SSSR count). The van der Waals surface area contributed by atoms with Gasteiger partial charge in [0, 0.05) is 44.3 Å². The first-order valence-electron chi connectivity index (χ1n) is 12.1. The minimum absolute atomic E-state index is 0.657. The second-order valence-electron chi connectivity index (χ2n) is 9.18. The smallest absolute Gasteiger partial charge is 0.147 e. The van der Waals surface area contributed by atoms with Gasteiger partial charge >= 0.3 is 0 Å². The summed E-state index contributed by atoms with van der Waals surface area (Å²) in [5, 5.41) is 13.7. The normalized spacial score (nSPS) is 19.9. The molecule has 0 amide bonds. The molecule has 2 fully saturated rings. The minimum atomic E-state index is 0.657. The summed E-state index contributed by atoms with van der Waals surface area (Å²) < 4.78 is 5.60. The highest BCUT2D eigenvalue weighted by Gasteiger charge is 2.31. The van der Waals surface area contributed by atoms with Crippen LogP contribution in [0.2, 0.25) is 0 Å². The maximum atomic E-state index is 10.2. The summed E-state index contributed by atoms with van der Waals surface area (Å²) >= 11 is 0. The number of nitriles is 1. The maximum Gasteiger partial charge on any atom is 0.147 e. The fourth-order valence-electron chi connectivity index (χ4n) is 5.46. The molecule has 0 radical (unpaired) electrons. The number of nitrogens with zero attached hydrogens (tertiary/aromatic N) is 4. The van der Waals surface area contributed by atoms with Crippen LogP contribution in [-0.2, 0) is 24.2 Å². The molecule has 1 saturated carbocycles. The van der Waals surface area contributed by atoms with Gasteiger partial charge in [-0.05, 0) is 30.4 Å². The Balaban J connectivity index is 1.49. The van der Waals surface area contributed by atoms with Crippen LogP contribution in [0, 0.1) is 11.3 Å². The molecule has 3 aliphatic rings. The molecule has 0 atom stereocenters. The van der Waals surface area contributed by atoms with Crippen LogP contribution in [0.5, 0.6) is 0 Å². The van der Waals surface area contributed by atoms with Crippen molar-refractivity contribution in [3.63, 3.8) is 0 Å². The van der Waals surface area contributed by atoms with E-state index in [0.29, 0.717) is 12.6 Å². The van der Waals surface area contributed by atoms with E-state index in [0.717, 1.165) is 63.0 Å². The summed E-state index contributed by atoms with van der Waals surface area (Å²) in [6.45, 7) is 5.78. The molecule has 1 saturated heterocycles. The van der Waals surface area contributed by atoms with Crippen molar-refractivity contribution in [1.29, 1.82) is 5.26 Å². The Morgan fingerprint density at radius 3 is 2.56 bits per heavy atom. The number of benzene rings is 1. The number of fused-ring (bicyclic) bond motifs is 1. The molecule has 6 nitrogen and oxygen atoms in total. The van der Waals surface area contributed by atoms with Gasteiger partial charge < -0.3 is 15.0 Å². The fraction of sp³-hybridized carbons (Fsp3) is 0.538. The second-order valence-corrected chi connectivity index (χ2v) is 9.18. The van der Waals surface area contributed by atoms with Crippen LogP contribution in [0.25, 0.3) is 0 Å². The SMILES string of the molecule is N#Cc1c(NCc2ccccc2)nc(N2CCOCC2)c2c1CN(C1CCCCC1)CC2. The van der Waals surface area contributed by atoms with Gasteiger partial charge in [-0.2, -0.15) is 5.26 Å². The Morgan fingerprint density at radius 2 is 1.81 bits per heavy atom. The van der Waals surface area contributed by atoms with Gasteiger partial charge in [-0.25, -0.2) is 4.98 Å². The van der Waals surface area contributed by atoms with Gasteiger partial charge in [0.15, 0.2) is 0 Å². The van der Waals surface area contributed by atoms with Crippen LogP contribution in [0.4, 0.5) is 11.6 Å². The predicted octanol–water partition coefficient (Wildman–Crippen LogP) is 4.09. The highest BCUT2D eigenvalue weighted by molar-refractivity contribution is 5.67. The zero-order chi connectivity index (χ0) is 21.8. The summed E-state index contributed by atoms with van der Waals surface area (Å²) in [6.07, 6.45) is 7.58. The van der Waals surface area contributed by atoms with Crippen molar-refractivity contribution in [2.24, 2.45) is 0 Å². The molecule has 0 bridgehead atoms. The number of morpholine rings is 1. The van der Waals surface area contributed by atoms with Crippen LogP contribution in [0.15, 0.2) is 30.3 Å². The standard InChI is InChI=1S/C26H33N5O/c27-17-23-24-19-31(21-9-5-2-6-10-21)12-11-22(24)26(30-13-15-32-16-14-30)29-25(23)28-18-20-7-3-1-4-8-20/h1,3-4,7-8,21H,2,5-6,9-16,18-19H2,(H,28,29). The van der Waals surface area contributed by atoms with E-state index in [2.05, 4.69) is 33.3 Å². The van der Waals surface area contributed by atoms with E-state index in [9.17, 15) is 5.26 Å². The summed E-state index contributed by atoms with van der Waals surface area (Å²) in [7, 11) is 0. The number of ether oxygens (including phenoxy) is 1. The first kappa shape index (κ1) is 21.2. The lowest BCUT2D eigenvalue weighted by molar-refractivity contribution is 0.121. The number of hydrogen-bond donors (Lipinski definition) is 1. The lowest BCUT2D eigenvalue weighted by atomic mass is 9.90. The van der Waals surface area contributed by atoms with E-state index in [4.69, 9.17) is 9.72 Å². The van der Waals surface area contributed by atoms with Crippen LogP contribution in [0.3, 0.4) is 0 Å². The molecule has 1 aromatic heterocycles. The van der Waals surface area contributed by atoms with Crippen LogP contribution in [-0.4, -0.2) is 48.8 Å². The Morgan fingerprint density at radius 1 is 1.03 bits per heavy atom.